The zero-order valence-corrected chi connectivity index (χ0v) is 8.34. The van der Waals surface area contributed by atoms with Crippen molar-refractivity contribution in [2.75, 3.05) is 0 Å². The fraction of sp³-hybridized carbons (Fsp3) is 0.182. The standard InChI is InChI=1S/C11H12O4/c1-8(11(13)15-9(2)12)14-10-6-4-3-5-7-10/h3-7,9,12H,1H2,2H3. The highest BCUT2D eigenvalue weighted by molar-refractivity contribution is 5.86. The Hall–Kier alpha value is -1.81. The number of carbonyl (C=O) groups is 1. The van der Waals surface area contributed by atoms with Crippen LogP contribution in [0.25, 0.3) is 0 Å². The highest BCUT2D eigenvalue weighted by atomic mass is 16.6. The van der Waals surface area contributed by atoms with Crippen molar-refractivity contribution >= 4 is 5.97 Å². The van der Waals surface area contributed by atoms with E-state index >= 15 is 0 Å². The predicted octanol–water partition coefficient (Wildman–Crippen LogP) is 1.46. The first-order chi connectivity index (χ1) is 7.09. The van der Waals surface area contributed by atoms with E-state index in [1.807, 2.05) is 6.07 Å². The van der Waals surface area contributed by atoms with Crippen molar-refractivity contribution in [3.05, 3.63) is 42.7 Å². The van der Waals surface area contributed by atoms with Crippen LogP contribution >= 0.6 is 0 Å². The molecule has 1 atom stereocenters. The van der Waals surface area contributed by atoms with E-state index in [0.717, 1.165) is 0 Å². The Balaban J connectivity index is 2.53. The molecule has 1 unspecified atom stereocenters. The molecular weight excluding hydrogens is 196 g/mol. The van der Waals surface area contributed by atoms with Crippen molar-refractivity contribution < 1.29 is 19.4 Å². The molecule has 0 amide bonds. The van der Waals surface area contributed by atoms with Gasteiger partial charge in [-0.25, -0.2) is 4.79 Å². The van der Waals surface area contributed by atoms with Crippen LogP contribution in [0.1, 0.15) is 6.92 Å². The molecule has 4 nitrogen and oxygen atoms in total. The molecule has 0 aliphatic rings. The summed E-state index contributed by atoms with van der Waals surface area (Å²) in [7, 11) is 0. The minimum absolute atomic E-state index is 0.165. The lowest BCUT2D eigenvalue weighted by atomic mass is 10.3. The van der Waals surface area contributed by atoms with Crippen molar-refractivity contribution in [3.8, 4) is 5.75 Å². The molecule has 0 aliphatic carbocycles. The van der Waals surface area contributed by atoms with Crippen LogP contribution in [-0.2, 0) is 9.53 Å². The molecule has 1 aromatic rings. The summed E-state index contributed by atoms with van der Waals surface area (Å²) < 4.78 is 9.57. The number of aliphatic hydroxyl groups excluding tert-OH is 1. The summed E-state index contributed by atoms with van der Waals surface area (Å²) in [6.07, 6.45) is -1.17. The molecule has 0 radical (unpaired) electrons. The molecule has 0 aromatic heterocycles. The lowest BCUT2D eigenvalue weighted by molar-refractivity contribution is -0.162. The second-order valence-electron chi connectivity index (χ2n) is 2.84. The molecular formula is C11H12O4. The minimum Gasteiger partial charge on any atom is -0.450 e. The zero-order valence-electron chi connectivity index (χ0n) is 8.34. The Morgan fingerprint density at radius 2 is 2.00 bits per heavy atom. The molecule has 80 valence electrons. The van der Waals surface area contributed by atoms with Gasteiger partial charge in [-0.3, -0.25) is 0 Å². The van der Waals surface area contributed by atoms with Gasteiger partial charge in [-0.2, -0.15) is 0 Å². The molecule has 0 spiro atoms. The number of hydrogen-bond acceptors (Lipinski definition) is 4. The summed E-state index contributed by atoms with van der Waals surface area (Å²) in [6, 6.07) is 8.72. The van der Waals surface area contributed by atoms with Gasteiger partial charge in [0.25, 0.3) is 0 Å². The van der Waals surface area contributed by atoms with Gasteiger partial charge in [-0.05, 0) is 25.6 Å². The average Bonchev–Trinajstić information content (AvgIpc) is 2.18. The molecule has 0 saturated heterocycles. The first kappa shape index (κ1) is 11.3. The van der Waals surface area contributed by atoms with E-state index in [0.29, 0.717) is 5.75 Å². The maximum atomic E-state index is 11.2. The van der Waals surface area contributed by atoms with E-state index < -0.39 is 12.3 Å². The monoisotopic (exact) mass is 208 g/mol. The van der Waals surface area contributed by atoms with Crippen LogP contribution in [0.5, 0.6) is 5.75 Å². The maximum absolute atomic E-state index is 11.2. The predicted molar refractivity (Wildman–Crippen MR) is 54.0 cm³/mol. The number of ether oxygens (including phenoxy) is 2. The molecule has 0 bridgehead atoms. The van der Waals surface area contributed by atoms with Crippen molar-refractivity contribution in [1.29, 1.82) is 0 Å². The second-order valence-corrected chi connectivity index (χ2v) is 2.84. The van der Waals surface area contributed by atoms with Crippen molar-refractivity contribution in [2.45, 2.75) is 13.2 Å². The summed E-state index contributed by atoms with van der Waals surface area (Å²) in [5, 5.41) is 8.80. The van der Waals surface area contributed by atoms with Gasteiger partial charge in [0, 0.05) is 0 Å². The number of esters is 1. The van der Waals surface area contributed by atoms with Crippen LogP contribution in [0.4, 0.5) is 0 Å². The van der Waals surface area contributed by atoms with Gasteiger partial charge in [-0.15, -0.1) is 0 Å². The fourth-order valence-corrected chi connectivity index (χ4v) is 0.893. The maximum Gasteiger partial charge on any atom is 0.375 e. The summed E-state index contributed by atoms with van der Waals surface area (Å²) in [4.78, 5) is 11.2. The highest BCUT2D eigenvalue weighted by Gasteiger charge is 2.12. The average molecular weight is 208 g/mol. The fourth-order valence-electron chi connectivity index (χ4n) is 0.893. The van der Waals surface area contributed by atoms with Crippen molar-refractivity contribution in [2.24, 2.45) is 0 Å². The van der Waals surface area contributed by atoms with Crippen LogP contribution in [0.2, 0.25) is 0 Å². The second kappa shape index (κ2) is 5.17. The summed E-state index contributed by atoms with van der Waals surface area (Å²) >= 11 is 0. The Morgan fingerprint density at radius 3 is 2.53 bits per heavy atom. The first-order valence-corrected chi connectivity index (χ1v) is 4.40. The van der Waals surface area contributed by atoms with Gasteiger partial charge in [-0.1, -0.05) is 18.2 Å². The molecule has 1 N–H and O–H groups in total. The van der Waals surface area contributed by atoms with Gasteiger partial charge < -0.3 is 14.6 Å². The smallest absolute Gasteiger partial charge is 0.375 e. The Morgan fingerprint density at radius 1 is 1.40 bits per heavy atom. The molecule has 0 aliphatic heterocycles. The minimum atomic E-state index is -1.17. The lowest BCUT2D eigenvalue weighted by Crippen LogP contribution is -2.17. The van der Waals surface area contributed by atoms with Gasteiger partial charge in [0.1, 0.15) is 5.75 Å². The molecule has 4 heteroatoms. The lowest BCUT2D eigenvalue weighted by Gasteiger charge is -2.09. The Bertz CT molecular complexity index is 343. The first-order valence-electron chi connectivity index (χ1n) is 4.40. The Labute approximate surface area is 87.7 Å². The normalized spacial score (nSPS) is 11.6. The largest absolute Gasteiger partial charge is 0.450 e. The quantitative estimate of drug-likeness (QED) is 0.352. The van der Waals surface area contributed by atoms with Gasteiger partial charge in [0.05, 0.1) is 0 Å². The van der Waals surface area contributed by atoms with E-state index in [2.05, 4.69) is 11.3 Å². The third-order valence-corrected chi connectivity index (χ3v) is 1.49. The number of carbonyl (C=O) groups excluding carboxylic acids is 1. The number of rotatable bonds is 4. The Kier molecular flexibility index (Phi) is 3.88. The summed E-state index contributed by atoms with van der Waals surface area (Å²) in [5.74, 6) is -0.457. The van der Waals surface area contributed by atoms with Crippen LogP contribution in [0, 0.1) is 0 Å². The molecule has 0 saturated carbocycles. The van der Waals surface area contributed by atoms with E-state index in [4.69, 9.17) is 9.84 Å². The molecule has 1 rings (SSSR count). The highest BCUT2D eigenvalue weighted by Crippen LogP contribution is 2.12. The SMILES string of the molecule is C=C(Oc1ccccc1)C(=O)OC(C)O. The number of hydrogen-bond donors (Lipinski definition) is 1. The van der Waals surface area contributed by atoms with Crippen LogP contribution in [0.3, 0.4) is 0 Å². The van der Waals surface area contributed by atoms with E-state index in [-0.39, 0.29) is 5.76 Å². The summed E-state index contributed by atoms with van der Waals surface area (Å²) in [5.41, 5.74) is 0. The third-order valence-electron chi connectivity index (χ3n) is 1.49. The van der Waals surface area contributed by atoms with E-state index in [9.17, 15) is 4.79 Å². The van der Waals surface area contributed by atoms with Gasteiger partial charge in [0.2, 0.25) is 5.76 Å². The van der Waals surface area contributed by atoms with Crippen LogP contribution < -0.4 is 4.74 Å². The zero-order chi connectivity index (χ0) is 11.3. The topological polar surface area (TPSA) is 55.8 Å². The van der Waals surface area contributed by atoms with Crippen LogP contribution in [-0.4, -0.2) is 17.4 Å². The molecule has 0 heterocycles. The van der Waals surface area contributed by atoms with Gasteiger partial charge in [0.15, 0.2) is 6.29 Å². The van der Waals surface area contributed by atoms with Gasteiger partial charge >= 0.3 is 5.97 Å². The number of benzene rings is 1. The van der Waals surface area contributed by atoms with E-state index in [1.54, 1.807) is 24.3 Å². The number of aliphatic hydroxyl groups is 1. The van der Waals surface area contributed by atoms with Crippen molar-refractivity contribution in [1.82, 2.24) is 0 Å². The van der Waals surface area contributed by atoms with E-state index in [1.165, 1.54) is 6.92 Å². The molecule has 0 fully saturated rings. The number of para-hydroxylation sites is 1. The van der Waals surface area contributed by atoms with Crippen LogP contribution in [0.15, 0.2) is 42.7 Å². The van der Waals surface area contributed by atoms with Crippen molar-refractivity contribution in [3.63, 3.8) is 0 Å². The third kappa shape index (κ3) is 3.83. The molecule has 15 heavy (non-hydrogen) atoms. The summed E-state index contributed by atoms with van der Waals surface area (Å²) in [6.45, 7) is 4.72. The molecule has 1 aromatic carbocycles.